The summed E-state index contributed by atoms with van der Waals surface area (Å²) >= 11 is 2.96. The Morgan fingerprint density at radius 1 is 1.09 bits per heavy atom. The average molecular weight is 496 g/mol. The third kappa shape index (κ3) is 5.15. The van der Waals surface area contributed by atoms with Crippen LogP contribution in [0.25, 0.3) is 11.4 Å². The number of anilines is 1. The van der Waals surface area contributed by atoms with Crippen molar-refractivity contribution < 1.29 is 9.59 Å². The molecular formula is C25H29N5O2S2. The van der Waals surface area contributed by atoms with Gasteiger partial charge in [0, 0.05) is 23.5 Å². The Kier molecular flexibility index (Phi) is 7.63. The topological polar surface area (TPSA) is 80.1 Å². The number of rotatable bonds is 7. The van der Waals surface area contributed by atoms with Crippen LogP contribution in [-0.2, 0) is 16.1 Å². The largest absolute Gasteiger partial charge is 0.324 e. The molecule has 7 nitrogen and oxygen atoms in total. The van der Waals surface area contributed by atoms with Crippen LogP contribution in [0.4, 0.5) is 5.69 Å². The molecule has 1 atom stereocenters. The fraction of sp³-hybridized carbons (Fsp3) is 0.360. The first-order chi connectivity index (χ1) is 16.4. The number of aromatic nitrogens is 3. The third-order valence-electron chi connectivity index (χ3n) is 6.02. The van der Waals surface area contributed by atoms with Crippen LogP contribution in [0.2, 0.25) is 0 Å². The van der Waals surface area contributed by atoms with Gasteiger partial charge in [0.15, 0.2) is 11.0 Å². The molecule has 178 valence electrons. The highest BCUT2D eigenvalue weighted by atomic mass is 32.2. The molecule has 2 heterocycles. The van der Waals surface area contributed by atoms with E-state index in [1.807, 2.05) is 61.7 Å². The van der Waals surface area contributed by atoms with Gasteiger partial charge < -0.3 is 14.8 Å². The molecule has 1 N–H and O–H groups in total. The minimum Gasteiger partial charge on any atom is -0.324 e. The quantitative estimate of drug-likeness (QED) is 0.486. The van der Waals surface area contributed by atoms with Crippen molar-refractivity contribution in [3.05, 3.63) is 59.2 Å². The van der Waals surface area contributed by atoms with Crippen LogP contribution in [0, 0.1) is 20.8 Å². The third-order valence-corrected chi connectivity index (χ3v) is 7.99. The van der Waals surface area contributed by atoms with Crippen LogP contribution in [0.5, 0.6) is 0 Å². The second kappa shape index (κ2) is 10.7. The SMILES string of the molecule is CCn1c(SCC(=O)N2CSCC2C(=O)Nc2ccc(C)c(C)c2)nnc1-c1ccccc1C. The Balaban J connectivity index is 1.42. The first kappa shape index (κ1) is 24.3. The Hall–Kier alpha value is -2.78. The van der Waals surface area contributed by atoms with Crippen LogP contribution >= 0.6 is 23.5 Å². The van der Waals surface area contributed by atoms with E-state index in [-0.39, 0.29) is 17.6 Å². The van der Waals surface area contributed by atoms with Crippen molar-refractivity contribution in [2.75, 3.05) is 22.7 Å². The van der Waals surface area contributed by atoms with Crippen LogP contribution in [-0.4, -0.2) is 54.9 Å². The van der Waals surface area contributed by atoms with Crippen molar-refractivity contribution in [3.63, 3.8) is 0 Å². The zero-order chi connectivity index (χ0) is 24.2. The Bertz CT molecular complexity index is 1210. The number of thioether (sulfide) groups is 2. The molecule has 0 bridgehead atoms. The molecular weight excluding hydrogens is 466 g/mol. The number of nitrogens with zero attached hydrogens (tertiary/aromatic N) is 4. The Morgan fingerprint density at radius 2 is 1.88 bits per heavy atom. The van der Waals surface area contributed by atoms with Crippen LogP contribution in [0.15, 0.2) is 47.6 Å². The minimum absolute atomic E-state index is 0.0710. The average Bonchev–Trinajstić information content (AvgIpc) is 3.47. The molecule has 1 saturated heterocycles. The zero-order valence-corrected chi connectivity index (χ0v) is 21.5. The van der Waals surface area contributed by atoms with Gasteiger partial charge in [-0.1, -0.05) is 42.1 Å². The summed E-state index contributed by atoms with van der Waals surface area (Å²) in [5.41, 5.74) is 5.21. The summed E-state index contributed by atoms with van der Waals surface area (Å²) in [7, 11) is 0. The van der Waals surface area contributed by atoms with Crippen molar-refractivity contribution in [1.82, 2.24) is 19.7 Å². The smallest absolute Gasteiger partial charge is 0.248 e. The number of nitrogens with one attached hydrogen (secondary N) is 1. The highest BCUT2D eigenvalue weighted by Gasteiger charge is 2.34. The van der Waals surface area contributed by atoms with Crippen molar-refractivity contribution in [3.8, 4) is 11.4 Å². The van der Waals surface area contributed by atoms with Gasteiger partial charge in [0.25, 0.3) is 0 Å². The highest BCUT2D eigenvalue weighted by Crippen LogP contribution is 2.28. The molecule has 1 aliphatic heterocycles. The molecule has 0 spiro atoms. The molecule has 4 rings (SSSR count). The van der Waals surface area contributed by atoms with E-state index in [1.54, 1.807) is 16.7 Å². The number of amides is 2. The second-order valence-corrected chi connectivity index (χ2v) is 10.3. The first-order valence-electron chi connectivity index (χ1n) is 11.3. The Labute approximate surface area is 208 Å². The molecule has 1 fully saturated rings. The van der Waals surface area contributed by atoms with Crippen molar-refractivity contribution in [2.24, 2.45) is 0 Å². The lowest BCUT2D eigenvalue weighted by atomic mass is 10.1. The second-order valence-electron chi connectivity index (χ2n) is 8.32. The van der Waals surface area contributed by atoms with Gasteiger partial charge in [0.1, 0.15) is 6.04 Å². The Morgan fingerprint density at radius 3 is 2.62 bits per heavy atom. The molecule has 2 amide bonds. The summed E-state index contributed by atoms with van der Waals surface area (Å²) in [4.78, 5) is 27.7. The van der Waals surface area contributed by atoms with Gasteiger partial charge in [-0.15, -0.1) is 22.0 Å². The normalized spacial score (nSPS) is 15.5. The van der Waals surface area contributed by atoms with E-state index < -0.39 is 6.04 Å². The fourth-order valence-electron chi connectivity index (χ4n) is 3.86. The predicted molar refractivity (Wildman–Crippen MR) is 139 cm³/mol. The maximum absolute atomic E-state index is 13.1. The molecule has 1 unspecified atom stereocenters. The van der Waals surface area contributed by atoms with Crippen LogP contribution in [0.3, 0.4) is 0 Å². The van der Waals surface area contributed by atoms with E-state index in [9.17, 15) is 9.59 Å². The van der Waals surface area contributed by atoms with Gasteiger partial charge in [-0.2, -0.15) is 0 Å². The molecule has 0 aliphatic carbocycles. The first-order valence-corrected chi connectivity index (χ1v) is 13.4. The highest BCUT2D eigenvalue weighted by molar-refractivity contribution is 8.00. The fourth-order valence-corrected chi connectivity index (χ4v) is 5.93. The number of hydrogen-bond acceptors (Lipinski definition) is 6. The van der Waals surface area contributed by atoms with Gasteiger partial charge in [0.05, 0.1) is 11.6 Å². The van der Waals surface area contributed by atoms with E-state index in [1.165, 1.54) is 17.3 Å². The van der Waals surface area contributed by atoms with Crippen LogP contribution in [0.1, 0.15) is 23.6 Å². The van der Waals surface area contributed by atoms with Gasteiger partial charge in [-0.25, -0.2) is 0 Å². The van der Waals surface area contributed by atoms with E-state index in [4.69, 9.17) is 0 Å². The van der Waals surface area contributed by atoms with E-state index in [0.29, 0.717) is 23.3 Å². The molecule has 1 aliphatic rings. The van der Waals surface area contributed by atoms with E-state index in [2.05, 4.69) is 28.5 Å². The van der Waals surface area contributed by atoms with Gasteiger partial charge in [0.2, 0.25) is 11.8 Å². The number of hydrogen-bond donors (Lipinski definition) is 1. The lowest BCUT2D eigenvalue weighted by molar-refractivity contribution is -0.134. The van der Waals surface area contributed by atoms with Crippen LogP contribution < -0.4 is 5.32 Å². The number of carbonyl (C=O) groups excluding carboxylic acids is 2. The summed E-state index contributed by atoms with van der Waals surface area (Å²) < 4.78 is 2.03. The summed E-state index contributed by atoms with van der Waals surface area (Å²) in [5.74, 6) is 1.90. The number of aryl methyl sites for hydroxylation is 3. The molecule has 0 radical (unpaired) electrons. The maximum atomic E-state index is 13.1. The summed E-state index contributed by atoms with van der Waals surface area (Å²) in [6.07, 6.45) is 0. The molecule has 34 heavy (non-hydrogen) atoms. The number of benzene rings is 2. The van der Waals surface area contributed by atoms with E-state index >= 15 is 0 Å². The lowest BCUT2D eigenvalue weighted by Gasteiger charge is -2.23. The molecule has 2 aromatic carbocycles. The van der Waals surface area contributed by atoms with Gasteiger partial charge in [-0.3, -0.25) is 9.59 Å². The minimum atomic E-state index is -0.480. The van der Waals surface area contributed by atoms with Gasteiger partial charge >= 0.3 is 0 Å². The van der Waals surface area contributed by atoms with E-state index in [0.717, 1.165) is 28.2 Å². The zero-order valence-electron chi connectivity index (χ0n) is 19.9. The standard InChI is InChI=1S/C25H29N5O2S2/c1-5-29-23(20-9-7-6-8-17(20)3)27-28-25(29)34-14-22(31)30-15-33-13-21(30)24(32)26-19-11-10-16(2)18(4)12-19/h6-12,21H,5,13-15H2,1-4H3,(H,26,32). The molecule has 0 saturated carbocycles. The van der Waals surface area contributed by atoms with Crippen molar-refractivity contribution in [2.45, 2.75) is 45.4 Å². The lowest BCUT2D eigenvalue weighted by Crippen LogP contribution is -2.45. The molecule has 9 heteroatoms. The summed E-state index contributed by atoms with van der Waals surface area (Å²) in [6, 6.07) is 13.4. The molecule has 1 aromatic heterocycles. The molecule has 3 aromatic rings. The van der Waals surface area contributed by atoms with Crippen molar-refractivity contribution >= 4 is 41.0 Å². The summed E-state index contributed by atoms with van der Waals surface area (Å²) in [5, 5.41) is 12.4. The monoisotopic (exact) mass is 495 g/mol. The van der Waals surface area contributed by atoms with Crippen molar-refractivity contribution in [1.29, 1.82) is 0 Å². The predicted octanol–water partition coefficient (Wildman–Crippen LogP) is 4.52. The summed E-state index contributed by atoms with van der Waals surface area (Å²) in [6.45, 7) is 8.85. The number of carbonyl (C=O) groups is 2. The maximum Gasteiger partial charge on any atom is 0.248 e. The van der Waals surface area contributed by atoms with Gasteiger partial charge in [-0.05, 0) is 56.5 Å².